The Labute approximate surface area is 186 Å². The third kappa shape index (κ3) is 3.71. The van der Waals surface area contributed by atoms with Crippen molar-refractivity contribution in [2.75, 3.05) is 32.9 Å². The molecular weight excluding hydrogens is 408 g/mol. The summed E-state index contributed by atoms with van der Waals surface area (Å²) >= 11 is 0. The Bertz CT molecular complexity index is 1200. The van der Waals surface area contributed by atoms with Gasteiger partial charge in [0.1, 0.15) is 0 Å². The summed E-state index contributed by atoms with van der Waals surface area (Å²) in [6.45, 7) is 7.47. The molecule has 2 aromatic heterocycles. The van der Waals surface area contributed by atoms with Crippen LogP contribution in [0.4, 0.5) is 0 Å². The maximum absolute atomic E-state index is 13.4. The van der Waals surface area contributed by atoms with Gasteiger partial charge in [-0.2, -0.15) is 5.10 Å². The van der Waals surface area contributed by atoms with Gasteiger partial charge in [0, 0.05) is 37.3 Å². The standard InChI is InChI=1S/C24H30N4O4/c1-3-9-32-17-4-7-27(8-5-17)24(30)18-12-19-21(11-15(18)2)26-23(29)20-13-25-28(22(19)20)16-6-10-31-14-16/h11-13,16-17H,3-10,14H2,1-2H3,(H,26,29)/t16-/m0/s1. The Kier molecular flexibility index (Phi) is 5.73. The topological polar surface area (TPSA) is 89.5 Å². The molecule has 170 valence electrons. The third-order valence-electron chi connectivity index (χ3n) is 6.68. The van der Waals surface area contributed by atoms with E-state index in [1.54, 1.807) is 6.20 Å². The lowest BCUT2D eigenvalue weighted by atomic mass is 10.0. The van der Waals surface area contributed by atoms with Crippen molar-refractivity contribution >= 4 is 27.7 Å². The molecule has 2 aliphatic heterocycles. The molecule has 1 N–H and O–H groups in total. The van der Waals surface area contributed by atoms with Crippen LogP contribution in [0.3, 0.4) is 0 Å². The van der Waals surface area contributed by atoms with E-state index in [1.807, 2.05) is 28.6 Å². The first-order chi connectivity index (χ1) is 15.6. The molecule has 0 bridgehead atoms. The first-order valence-corrected chi connectivity index (χ1v) is 11.6. The van der Waals surface area contributed by atoms with Crippen LogP contribution in [0.5, 0.6) is 0 Å². The van der Waals surface area contributed by atoms with Crippen LogP contribution in [0.15, 0.2) is 23.1 Å². The molecule has 2 saturated heterocycles. The number of likely N-dealkylation sites (tertiary alicyclic amines) is 1. The zero-order chi connectivity index (χ0) is 22.2. The molecule has 0 spiro atoms. The van der Waals surface area contributed by atoms with Crippen LogP contribution >= 0.6 is 0 Å². The number of carbonyl (C=O) groups is 1. The maximum Gasteiger partial charge on any atom is 0.259 e. The van der Waals surface area contributed by atoms with Gasteiger partial charge in [-0.15, -0.1) is 0 Å². The van der Waals surface area contributed by atoms with E-state index in [9.17, 15) is 9.59 Å². The molecular formula is C24H30N4O4. The van der Waals surface area contributed by atoms with Crippen molar-refractivity contribution in [3.63, 3.8) is 0 Å². The normalized spacial score (nSPS) is 19.9. The fourth-order valence-corrected chi connectivity index (χ4v) is 4.90. The van der Waals surface area contributed by atoms with Crippen molar-refractivity contribution < 1.29 is 14.3 Å². The molecule has 32 heavy (non-hydrogen) atoms. The highest BCUT2D eigenvalue weighted by Gasteiger charge is 2.27. The first kappa shape index (κ1) is 21.2. The van der Waals surface area contributed by atoms with Crippen molar-refractivity contribution in [2.24, 2.45) is 0 Å². The lowest BCUT2D eigenvalue weighted by Crippen LogP contribution is -2.41. The molecule has 0 unspecified atom stereocenters. The van der Waals surface area contributed by atoms with E-state index < -0.39 is 0 Å². The maximum atomic E-state index is 13.4. The number of aromatic nitrogens is 3. The van der Waals surface area contributed by atoms with Crippen LogP contribution < -0.4 is 5.56 Å². The van der Waals surface area contributed by atoms with E-state index >= 15 is 0 Å². The number of fused-ring (bicyclic) bond motifs is 3. The minimum atomic E-state index is -0.162. The predicted octanol–water partition coefficient (Wildman–Crippen LogP) is 3.18. The molecule has 0 radical (unpaired) electrons. The third-order valence-corrected chi connectivity index (χ3v) is 6.68. The van der Waals surface area contributed by atoms with Gasteiger partial charge in [-0.25, -0.2) is 0 Å². The summed E-state index contributed by atoms with van der Waals surface area (Å²) in [5, 5.41) is 5.90. The quantitative estimate of drug-likeness (QED) is 0.661. The molecule has 8 nitrogen and oxygen atoms in total. The van der Waals surface area contributed by atoms with E-state index in [0.29, 0.717) is 37.3 Å². The highest BCUT2D eigenvalue weighted by molar-refractivity contribution is 6.07. The molecule has 2 fully saturated rings. The number of benzene rings is 1. The van der Waals surface area contributed by atoms with Crippen molar-refractivity contribution in [2.45, 2.75) is 51.7 Å². The predicted molar refractivity (Wildman–Crippen MR) is 122 cm³/mol. The Morgan fingerprint density at radius 1 is 1.25 bits per heavy atom. The summed E-state index contributed by atoms with van der Waals surface area (Å²) in [6.07, 6.45) is 5.46. The summed E-state index contributed by atoms with van der Waals surface area (Å²) in [5.74, 6) is 0.0351. The highest BCUT2D eigenvalue weighted by Crippen LogP contribution is 2.30. The minimum absolute atomic E-state index is 0.0351. The Morgan fingerprint density at radius 3 is 2.78 bits per heavy atom. The van der Waals surface area contributed by atoms with Gasteiger partial charge >= 0.3 is 0 Å². The molecule has 4 heterocycles. The highest BCUT2D eigenvalue weighted by atomic mass is 16.5. The Balaban J connectivity index is 1.52. The number of nitrogens with zero attached hydrogens (tertiary/aromatic N) is 3. The van der Waals surface area contributed by atoms with Crippen LogP contribution in [0.1, 0.15) is 54.6 Å². The number of aromatic amines is 1. The summed E-state index contributed by atoms with van der Waals surface area (Å²) in [6, 6.07) is 3.93. The fourth-order valence-electron chi connectivity index (χ4n) is 4.90. The van der Waals surface area contributed by atoms with E-state index in [0.717, 1.165) is 54.3 Å². The van der Waals surface area contributed by atoms with Gasteiger partial charge < -0.3 is 19.4 Å². The average Bonchev–Trinajstić information content (AvgIpc) is 3.47. The summed E-state index contributed by atoms with van der Waals surface area (Å²) in [5.41, 5.74) is 2.88. The minimum Gasteiger partial charge on any atom is -0.379 e. The number of piperidine rings is 1. The SMILES string of the molecule is CCCOC1CCN(C(=O)c2cc3c(cc2C)[nH]c(=O)c2cnn([C@H]4CCOC4)c23)CC1. The second-order valence-electron chi connectivity index (χ2n) is 8.90. The molecule has 0 saturated carbocycles. The van der Waals surface area contributed by atoms with Crippen molar-refractivity contribution in [3.05, 3.63) is 39.8 Å². The number of hydrogen-bond acceptors (Lipinski definition) is 5. The first-order valence-electron chi connectivity index (χ1n) is 11.6. The number of nitrogens with one attached hydrogen (secondary N) is 1. The number of H-pyrrole nitrogens is 1. The van der Waals surface area contributed by atoms with Crippen molar-refractivity contribution in [1.82, 2.24) is 19.7 Å². The molecule has 8 heteroatoms. The Morgan fingerprint density at radius 2 is 2.06 bits per heavy atom. The van der Waals surface area contributed by atoms with E-state index in [-0.39, 0.29) is 23.6 Å². The Hall–Kier alpha value is -2.71. The summed E-state index contributed by atoms with van der Waals surface area (Å²) < 4.78 is 13.3. The van der Waals surface area contributed by atoms with Crippen LogP contribution in [-0.4, -0.2) is 64.6 Å². The number of amides is 1. The average molecular weight is 439 g/mol. The van der Waals surface area contributed by atoms with Gasteiger partial charge in [0.2, 0.25) is 0 Å². The van der Waals surface area contributed by atoms with Crippen molar-refractivity contribution in [1.29, 1.82) is 0 Å². The molecule has 3 aromatic rings. The number of carbonyl (C=O) groups excluding carboxylic acids is 1. The molecule has 1 atom stereocenters. The van der Waals surface area contributed by atoms with Gasteiger partial charge in [0.05, 0.1) is 41.4 Å². The monoisotopic (exact) mass is 438 g/mol. The zero-order valence-corrected chi connectivity index (χ0v) is 18.7. The lowest BCUT2D eigenvalue weighted by molar-refractivity contribution is 0.00899. The van der Waals surface area contributed by atoms with Crippen molar-refractivity contribution in [3.8, 4) is 0 Å². The van der Waals surface area contributed by atoms with Crippen LogP contribution in [0.2, 0.25) is 0 Å². The van der Waals surface area contributed by atoms with Gasteiger partial charge in [-0.3, -0.25) is 14.3 Å². The van der Waals surface area contributed by atoms with Gasteiger partial charge in [0.15, 0.2) is 0 Å². The molecule has 0 aliphatic carbocycles. The van der Waals surface area contributed by atoms with E-state index in [1.165, 1.54) is 0 Å². The molecule has 1 amide bonds. The van der Waals surface area contributed by atoms with Crippen LogP contribution in [-0.2, 0) is 9.47 Å². The summed E-state index contributed by atoms with van der Waals surface area (Å²) in [7, 11) is 0. The second kappa shape index (κ2) is 8.67. The summed E-state index contributed by atoms with van der Waals surface area (Å²) in [4.78, 5) is 31.0. The smallest absolute Gasteiger partial charge is 0.259 e. The van der Waals surface area contributed by atoms with E-state index in [4.69, 9.17) is 9.47 Å². The zero-order valence-electron chi connectivity index (χ0n) is 18.7. The lowest BCUT2D eigenvalue weighted by Gasteiger charge is -2.32. The number of hydrogen-bond donors (Lipinski definition) is 1. The molecule has 1 aromatic carbocycles. The van der Waals surface area contributed by atoms with Crippen LogP contribution in [0, 0.1) is 6.92 Å². The number of pyridine rings is 1. The molecule has 5 rings (SSSR count). The number of rotatable bonds is 5. The fraction of sp³-hybridized carbons (Fsp3) is 0.542. The largest absolute Gasteiger partial charge is 0.379 e. The number of aryl methyl sites for hydroxylation is 1. The number of ether oxygens (including phenoxy) is 2. The van der Waals surface area contributed by atoms with Gasteiger partial charge in [-0.05, 0) is 50.3 Å². The van der Waals surface area contributed by atoms with E-state index in [2.05, 4.69) is 17.0 Å². The van der Waals surface area contributed by atoms with Gasteiger partial charge in [0.25, 0.3) is 11.5 Å². The second-order valence-corrected chi connectivity index (χ2v) is 8.90. The van der Waals surface area contributed by atoms with Crippen LogP contribution in [0.25, 0.3) is 21.8 Å². The van der Waals surface area contributed by atoms with Gasteiger partial charge in [-0.1, -0.05) is 6.92 Å². The molecule has 2 aliphatic rings.